The van der Waals surface area contributed by atoms with Gasteiger partial charge in [0, 0.05) is 18.3 Å². The quantitative estimate of drug-likeness (QED) is 0.799. The number of aryl methyl sites for hydroxylation is 1. The van der Waals surface area contributed by atoms with Crippen molar-refractivity contribution in [2.45, 2.75) is 20.3 Å². The topological polar surface area (TPSA) is 66.5 Å². The molecule has 0 bridgehead atoms. The van der Waals surface area contributed by atoms with Crippen LogP contribution in [0.2, 0.25) is 0 Å². The van der Waals surface area contributed by atoms with Crippen LogP contribution in [0.25, 0.3) is 0 Å². The van der Waals surface area contributed by atoms with Gasteiger partial charge in [0.1, 0.15) is 0 Å². The number of amides is 2. The lowest BCUT2D eigenvalue weighted by Crippen LogP contribution is -2.24. The maximum atomic E-state index is 11.6. The Morgan fingerprint density at radius 3 is 2.61 bits per heavy atom. The average Bonchev–Trinajstić information content (AvgIpc) is 2.60. The summed E-state index contributed by atoms with van der Waals surface area (Å²) in [6.45, 7) is 3.41. The maximum Gasteiger partial charge on any atom is 0.234 e. The van der Waals surface area contributed by atoms with Gasteiger partial charge in [-0.15, -0.1) is 0 Å². The van der Waals surface area contributed by atoms with Crippen molar-refractivity contribution in [1.82, 2.24) is 0 Å². The minimum atomic E-state index is -0.197. The number of hydrogen-bond donors (Lipinski definition) is 1. The average molecular weight is 246 g/mol. The molecule has 1 aromatic carbocycles. The molecule has 0 aliphatic carbocycles. The molecule has 0 saturated carbocycles. The number of benzene rings is 1. The molecule has 94 valence electrons. The SMILES string of the molecule is CC(=O)Nc1cc(N2CC(=O)CC2=O)ccc1C. The molecule has 5 heteroatoms. The number of rotatable bonds is 2. The van der Waals surface area contributed by atoms with Gasteiger partial charge in [-0.1, -0.05) is 6.07 Å². The van der Waals surface area contributed by atoms with Gasteiger partial charge >= 0.3 is 0 Å². The molecule has 0 aromatic heterocycles. The Morgan fingerprint density at radius 2 is 2.06 bits per heavy atom. The van der Waals surface area contributed by atoms with E-state index in [1.54, 1.807) is 12.1 Å². The fourth-order valence-electron chi connectivity index (χ4n) is 1.92. The van der Waals surface area contributed by atoms with E-state index < -0.39 is 0 Å². The molecular formula is C13H14N2O3. The van der Waals surface area contributed by atoms with Gasteiger partial charge in [-0.3, -0.25) is 14.4 Å². The molecule has 5 nitrogen and oxygen atoms in total. The van der Waals surface area contributed by atoms with E-state index in [9.17, 15) is 14.4 Å². The van der Waals surface area contributed by atoms with E-state index in [4.69, 9.17) is 0 Å². The van der Waals surface area contributed by atoms with Crippen molar-refractivity contribution < 1.29 is 14.4 Å². The molecule has 1 aliphatic rings. The van der Waals surface area contributed by atoms with Crippen LogP contribution in [0.4, 0.5) is 11.4 Å². The molecule has 0 atom stereocenters. The maximum absolute atomic E-state index is 11.6. The number of nitrogens with one attached hydrogen (secondary N) is 1. The molecule has 1 heterocycles. The number of carbonyl (C=O) groups excluding carboxylic acids is 3. The molecule has 2 amide bonds. The summed E-state index contributed by atoms with van der Waals surface area (Å²) in [5.41, 5.74) is 2.21. The van der Waals surface area contributed by atoms with Gasteiger partial charge in [-0.2, -0.15) is 0 Å². The Bertz CT molecular complexity index is 537. The van der Waals surface area contributed by atoms with Crippen molar-refractivity contribution in [2.75, 3.05) is 16.8 Å². The summed E-state index contributed by atoms with van der Waals surface area (Å²) in [6.07, 6.45) is -0.0383. The predicted molar refractivity (Wildman–Crippen MR) is 67.5 cm³/mol. The van der Waals surface area contributed by atoms with Crippen LogP contribution in [0.1, 0.15) is 18.9 Å². The molecule has 0 radical (unpaired) electrons. The fraction of sp³-hybridized carbons (Fsp3) is 0.308. The van der Waals surface area contributed by atoms with Crippen molar-refractivity contribution in [2.24, 2.45) is 0 Å². The van der Waals surface area contributed by atoms with E-state index >= 15 is 0 Å². The van der Waals surface area contributed by atoms with E-state index in [-0.39, 0.29) is 30.6 Å². The molecule has 1 aromatic rings. The second-order valence-electron chi connectivity index (χ2n) is 4.38. The monoisotopic (exact) mass is 246 g/mol. The van der Waals surface area contributed by atoms with Gasteiger partial charge in [0.25, 0.3) is 0 Å². The number of hydrogen-bond acceptors (Lipinski definition) is 3. The van der Waals surface area contributed by atoms with Crippen LogP contribution >= 0.6 is 0 Å². The Kier molecular flexibility index (Phi) is 3.14. The summed E-state index contributed by atoms with van der Waals surface area (Å²) in [6, 6.07) is 5.31. The lowest BCUT2D eigenvalue weighted by molar-refractivity contribution is -0.121. The van der Waals surface area contributed by atoms with Gasteiger partial charge in [0.05, 0.1) is 13.0 Å². The van der Waals surface area contributed by atoms with Gasteiger partial charge in [-0.05, 0) is 24.6 Å². The van der Waals surface area contributed by atoms with Crippen molar-refractivity contribution in [3.63, 3.8) is 0 Å². The van der Waals surface area contributed by atoms with Crippen LogP contribution in [0.15, 0.2) is 18.2 Å². The van der Waals surface area contributed by atoms with Gasteiger partial charge in [-0.25, -0.2) is 0 Å². The lowest BCUT2D eigenvalue weighted by Gasteiger charge is -2.17. The Labute approximate surface area is 105 Å². The second-order valence-corrected chi connectivity index (χ2v) is 4.38. The number of anilines is 2. The molecule has 1 fully saturated rings. The second kappa shape index (κ2) is 4.60. The van der Waals surface area contributed by atoms with Crippen molar-refractivity contribution in [1.29, 1.82) is 0 Å². The highest BCUT2D eigenvalue weighted by molar-refractivity contribution is 6.15. The number of ketones is 1. The van der Waals surface area contributed by atoms with Gasteiger partial charge in [0.2, 0.25) is 11.8 Å². The third-order valence-corrected chi connectivity index (χ3v) is 2.83. The van der Waals surface area contributed by atoms with Crippen LogP contribution in [0.3, 0.4) is 0 Å². The Balaban J connectivity index is 2.32. The van der Waals surface area contributed by atoms with Gasteiger partial charge < -0.3 is 10.2 Å². The zero-order valence-electron chi connectivity index (χ0n) is 10.3. The highest BCUT2D eigenvalue weighted by atomic mass is 16.2. The smallest absolute Gasteiger partial charge is 0.234 e. The molecule has 0 spiro atoms. The van der Waals surface area contributed by atoms with Crippen LogP contribution in [-0.4, -0.2) is 24.1 Å². The normalized spacial score (nSPS) is 15.1. The zero-order valence-corrected chi connectivity index (χ0v) is 10.3. The van der Waals surface area contributed by atoms with Crippen LogP contribution < -0.4 is 10.2 Å². The standard InChI is InChI=1S/C13H14N2O3/c1-8-3-4-10(5-12(8)14-9(2)16)15-7-11(17)6-13(15)18/h3-5H,6-7H2,1-2H3,(H,14,16). The van der Waals surface area contributed by atoms with E-state index in [0.717, 1.165) is 5.56 Å². The molecule has 2 rings (SSSR count). The highest BCUT2D eigenvalue weighted by Gasteiger charge is 2.28. The molecular weight excluding hydrogens is 232 g/mol. The summed E-state index contributed by atoms with van der Waals surface area (Å²) < 4.78 is 0. The molecule has 1 aliphatic heterocycles. The molecule has 18 heavy (non-hydrogen) atoms. The van der Waals surface area contributed by atoms with E-state index in [0.29, 0.717) is 11.4 Å². The van der Waals surface area contributed by atoms with Crippen LogP contribution in [-0.2, 0) is 14.4 Å². The van der Waals surface area contributed by atoms with Crippen LogP contribution in [0.5, 0.6) is 0 Å². The number of nitrogens with zero attached hydrogens (tertiary/aromatic N) is 1. The first-order chi connectivity index (χ1) is 8.47. The fourth-order valence-corrected chi connectivity index (χ4v) is 1.92. The first kappa shape index (κ1) is 12.3. The minimum Gasteiger partial charge on any atom is -0.326 e. The summed E-state index contributed by atoms with van der Waals surface area (Å²) >= 11 is 0. The first-order valence-electron chi connectivity index (χ1n) is 5.67. The van der Waals surface area contributed by atoms with Crippen LogP contribution in [0, 0.1) is 6.92 Å². The Morgan fingerprint density at radius 1 is 1.33 bits per heavy atom. The highest BCUT2D eigenvalue weighted by Crippen LogP contribution is 2.25. The van der Waals surface area contributed by atoms with Crippen molar-refractivity contribution in [3.8, 4) is 0 Å². The Hall–Kier alpha value is -2.17. The summed E-state index contributed by atoms with van der Waals surface area (Å²) in [5, 5.41) is 2.70. The minimum absolute atomic E-state index is 0.0383. The van der Waals surface area contributed by atoms with E-state index in [1.807, 2.05) is 13.0 Å². The largest absolute Gasteiger partial charge is 0.326 e. The number of Topliss-reactive ketones (excluding diaryl/α,β-unsaturated/α-hetero) is 1. The van der Waals surface area contributed by atoms with E-state index in [1.165, 1.54) is 11.8 Å². The first-order valence-corrected chi connectivity index (χ1v) is 5.67. The van der Waals surface area contributed by atoms with Gasteiger partial charge in [0.15, 0.2) is 5.78 Å². The molecule has 1 saturated heterocycles. The zero-order chi connectivity index (χ0) is 13.3. The summed E-state index contributed by atoms with van der Waals surface area (Å²) in [4.78, 5) is 35.4. The summed E-state index contributed by atoms with van der Waals surface area (Å²) in [7, 11) is 0. The van der Waals surface area contributed by atoms with E-state index in [2.05, 4.69) is 5.32 Å². The third-order valence-electron chi connectivity index (χ3n) is 2.83. The summed E-state index contributed by atoms with van der Waals surface area (Å²) in [5.74, 6) is -0.446. The predicted octanol–water partition coefficient (Wildman–Crippen LogP) is 1.26. The molecule has 1 N–H and O–H groups in total. The number of carbonyl (C=O) groups is 3. The van der Waals surface area contributed by atoms with Crippen molar-refractivity contribution in [3.05, 3.63) is 23.8 Å². The molecule has 0 unspecified atom stereocenters. The van der Waals surface area contributed by atoms with Crippen molar-refractivity contribution >= 4 is 29.0 Å². The lowest BCUT2D eigenvalue weighted by atomic mass is 10.1. The third kappa shape index (κ3) is 2.40.